The first-order chi connectivity index (χ1) is 5.12. The molecular weight excluding hydrogens is 381 g/mol. The molecule has 0 N–H and O–H groups in total. The monoisotopic (exact) mass is 380 g/mol. The van der Waals surface area contributed by atoms with Gasteiger partial charge in [-0.05, 0) is 0 Å². The topological polar surface area (TPSA) is 179 Å². The van der Waals surface area contributed by atoms with E-state index in [4.69, 9.17) is 36.5 Å². The van der Waals surface area contributed by atoms with E-state index in [1.54, 1.807) is 0 Å². The minimum Gasteiger partial charge on any atom is -0.726 e. The van der Waals surface area contributed by atoms with Gasteiger partial charge in [0.2, 0.25) is 20.8 Å². The van der Waals surface area contributed by atoms with Crippen molar-refractivity contribution in [2.24, 2.45) is 0 Å². The first kappa shape index (κ1) is 38.0. The number of hydrogen-bond acceptors (Lipinski definition) is 10. The van der Waals surface area contributed by atoms with Crippen LogP contribution < -0.4 is 216 Å². The minimum absolute atomic E-state index is 0. The summed E-state index contributed by atoms with van der Waals surface area (Å²) in [6.07, 6.45) is 0. The number of hydrogen-bond donors (Lipinski definition) is 0. The molecule has 0 rings (SSSR count). The van der Waals surface area contributed by atoms with Crippen molar-refractivity contribution in [2.45, 2.75) is 0 Å². The van der Waals surface area contributed by atoms with Gasteiger partial charge < -0.3 is 28.3 Å². The van der Waals surface area contributed by atoms with Gasteiger partial charge in [-0.1, -0.05) is 0 Å². The third-order valence-electron chi connectivity index (χ3n) is 0.167. The van der Waals surface area contributed by atoms with Crippen LogP contribution in [0.15, 0.2) is 0 Å². The van der Waals surface area contributed by atoms with Crippen LogP contribution in [0.1, 0.15) is 0 Å². The molecule has 16 heavy (non-hydrogen) atoms. The Bertz CT molecular complexity index is 257. The molecule has 0 radical (unpaired) electrons. The van der Waals surface area contributed by atoms with Crippen molar-refractivity contribution in [3.63, 3.8) is 0 Å². The Kier molecular flexibility index (Phi) is 50.4. The van der Waals surface area contributed by atoms with Crippen LogP contribution in [0.2, 0.25) is 0 Å². The van der Waals surface area contributed by atoms with E-state index in [1.165, 1.54) is 0 Å². The summed E-state index contributed by atoms with van der Waals surface area (Å²) in [4.78, 5) is 0. The van der Waals surface area contributed by atoms with Crippen molar-refractivity contribution >= 4 is 20.8 Å². The van der Waals surface area contributed by atoms with Gasteiger partial charge in [-0.3, -0.25) is 0 Å². The fourth-order valence-electron chi connectivity index (χ4n) is 0. The Morgan fingerprint density at radius 2 is 0.688 bits per heavy atom. The number of rotatable bonds is 2. The van der Waals surface area contributed by atoms with Crippen molar-refractivity contribution in [1.29, 1.82) is 0 Å². The summed E-state index contributed by atoms with van der Waals surface area (Å²) < 4.78 is 57.7. The summed E-state index contributed by atoms with van der Waals surface area (Å²) in [5, 5.41) is 17.1. The van der Waals surface area contributed by atoms with Crippen LogP contribution in [-0.2, 0) is 29.5 Å². The maximum atomic E-state index is 8.91. The van der Waals surface area contributed by atoms with Gasteiger partial charge in [0.25, 0.3) is 0 Å². The van der Waals surface area contributed by atoms with Crippen LogP contribution in [0.5, 0.6) is 0 Å². The minimum atomic E-state index is -4.97. The summed E-state index contributed by atoms with van der Waals surface area (Å²) >= 11 is 0. The van der Waals surface area contributed by atoms with E-state index in [2.05, 4.69) is 8.67 Å². The summed E-state index contributed by atoms with van der Waals surface area (Å²) in [5.74, 6) is 0. The Morgan fingerprint density at radius 1 is 0.625 bits per heavy atom. The van der Waals surface area contributed by atoms with Crippen molar-refractivity contribution in [2.75, 3.05) is 0 Å². The normalized spacial score (nSPS) is 8.75. The molecule has 16 heteroatoms. The Balaban J connectivity index is -0.0000000250. The molecule has 0 saturated carbocycles. The maximum Gasteiger partial charge on any atom is 1.00 e. The summed E-state index contributed by atoms with van der Waals surface area (Å²) in [5.41, 5.74) is 0. The van der Waals surface area contributed by atoms with E-state index < -0.39 is 20.8 Å². The van der Waals surface area contributed by atoms with Gasteiger partial charge >= 0.3 is 206 Å². The molecule has 0 heterocycles. The quantitative estimate of drug-likeness (QED) is 0.147. The second-order valence-electron chi connectivity index (χ2n) is 0.953. The maximum absolute atomic E-state index is 8.91. The predicted octanol–water partition coefficient (Wildman–Crippen LogP) is -16.5. The first-order valence-corrected chi connectivity index (χ1v) is 4.33. The van der Waals surface area contributed by atoms with Crippen LogP contribution in [0.3, 0.4) is 0 Å². The molecule has 0 amide bonds. The van der Waals surface area contributed by atoms with Gasteiger partial charge in [0.05, 0.1) is 0 Å². The van der Waals surface area contributed by atoms with Gasteiger partial charge in [-0.15, -0.1) is 0 Å². The van der Waals surface area contributed by atoms with E-state index in [0.717, 1.165) is 0 Å². The van der Waals surface area contributed by atoms with E-state index >= 15 is 0 Å². The van der Waals surface area contributed by atoms with E-state index in [0.29, 0.717) is 0 Å². The molecule has 0 spiro atoms. The van der Waals surface area contributed by atoms with Crippen molar-refractivity contribution < 1.29 is 251 Å². The van der Waals surface area contributed by atoms with Gasteiger partial charge in [0.1, 0.15) is 0 Å². The molecule has 0 saturated heterocycles. The Morgan fingerprint density at radius 3 is 0.688 bits per heavy atom. The smallest absolute Gasteiger partial charge is 0.726 e. The molecule has 10 nitrogen and oxygen atoms in total. The fraction of sp³-hybridized carbons (Fsp3) is 0. The van der Waals surface area contributed by atoms with Gasteiger partial charge in [-0.2, -0.15) is 0 Å². The molecule has 0 aliphatic rings. The molecule has 0 bridgehead atoms. The second-order valence-corrected chi connectivity index (χ2v) is 2.86. The van der Waals surface area contributed by atoms with Crippen molar-refractivity contribution in [3.8, 4) is 0 Å². The summed E-state index contributed by atoms with van der Waals surface area (Å²) in [6.45, 7) is 0. The van der Waals surface area contributed by atoms with Gasteiger partial charge in [0, 0.05) is 0 Å². The van der Waals surface area contributed by atoms with Crippen LogP contribution in [0.4, 0.5) is 0 Å². The van der Waals surface area contributed by atoms with E-state index in [9.17, 15) is 0 Å². The average Bonchev–Trinajstić information content (AvgIpc) is 1.86. The van der Waals surface area contributed by atoms with Gasteiger partial charge in [0.15, 0.2) is 0 Å². The zero-order chi connectivity index (χ0) is 10.4. The van der Waals surface area contributed by atoms with Crippen LogP contribution >= 0.6 is 0 Å². The largest absolute Gasteiger partial charge is 1.00 e. The Labute approximate surface area is 262 Å². The average molecular weight is 381 g/mol. The third kappa shape index (κ3) is 50.0. The molecule has 0 unspecified atom stereocenters. The molecule has 0 aromatic rings. The van der Waals surface area contributed by atoms with Gasteiger partial charge in [-0.25, -0.2) is 16.8 Å². The van der Waals surface area contributed by atoms with E-state index in [1.807, 2.05) is 0 Å². The molecule has 0 aliphatic carbocycles. The third-order valence-corrected chi connectivity index (χ3v) is 0.500. The summed E-state index contributed by atoms with van der Waals surface area (Å²) in [6, 6.07) is 0. The molecule has 0 aromatic carbocycles. The second kappa shape index (κ2) is 21.2. The molecule has 0 fully saturated rings. The van der Waals surface area contributed by atoms with Crippen molar-refractivity contribution in [3.05, 3.63) is 0 Å². The van der Waals surface area contributed by atoms with Crippen molar-refractivity contribution in [1.82, 2.24) is 0 Å². The van der Waals surface area contributed by atoms with Crippen LogP contribution in [0.25, 0.3) is 0 Å². The predicted molar refractivity (Wildman–Crippen MR) is 21.6 cm³/mol. The molecule has 0 atom stereocenters. The molecule has 0 aliphatic heterocycles. The standard InChI is InChI=1S/4K.2H2O5S/c;;;;2*1-5-6(2,3)4/h;;;;2*1H,(H,2,3,4)/q4*+1;;/p-4. The zero-order valence-corrected chi connectivity index (χ0v) is 23.0. The van der Waals surface area contributed by atoms with E-state index in [-0.39, 0.29) is 206 Å². The fourth-order valence-corrected chi connectivity index (χ4v) is 0. The molecule has 0 aromatic heterocycles. The molecular formula is K4O10S2. The summed E-state index contributed by atoms with van der Waals surface area (Å²) in [7, 11) is -9.94. The first-order valence-electron chi connectivity index (χ1n) is 1.67. The van der Waals surface area contributed by atoms with Crippen LogP contribution in [-0.4, -0.2) is 25.9 Å². The zero-order valence-electron chi connectivity index (χ0n) is 8.90. The Hall–Kier alpha value is 6.21. The van der Waals surface area contributed by atoms with Crippen LogP contribution in [0, 0.1) is 0 Å². The molecule has 76 valence electrons. The SMILES string of the molecule is O=S(=O)([O-])O[O-].O=S(=O)([O-])O[O-].[K+].[K+].[K+].[K+].